The number of hydrogen-bond donors (Lipinski definition) is 0. The van der Waals surface area contributed by atoms with Gasteiger partial charge < -0.3 is 4.42 Å². The summed E-state index contributed by atoms with van der Waals surface area (Å²) >= 11 is 1.84. The summed E-state index contributed by atoms with van der Waals surface area (Å²) in [6.45, 7) is 0. The molecule has 4 nitrogen and oxygen atoms in total. The van der Waals surface area contributed by atoms with Crippen molar-refractivity contribution in [2.45, 2.75) is 0 Å². The highest BCUT2D eigenvalue weighted by Gasteiger charge is 2.19. The number of furan rings is 1. The Bertz CT molecular complexity index is 3240. The fourth-order valence-electron chi connectivity index (χ4n) is 7.94. The molecule has 0 aliphatic carbocycles. The molecular weight excluding hydrogens is 703 g/mol. The second-order valence-corrected chi connectivity index (χ2v) is 15.0. The van der Waals surface area contributed by atoms with Crippen molar-refractivity contribution in [3.63, 3.8) is 0 Å². The number of aromatic nitrogens is 3. The zero-order valence-electron chi connectivity index (χ0n) is 30.1. The molecule has 5 heteroatoms. The summed E-state index contributed by atoms with van der Waals surface area (Å²) in [6.07, 6.45) is 3.69. The fraction of sp³-hybridized carbons (Fsp3) is 0. The van der Waals surface area contributed by atoms with Gasteiger partial charge in [-0.1, -0.05) is 133 Å². The molecule has 0 bridgehead atoms. The first-order chi connectivity index (χ1) is 27.7. The van der Waals surface area contributed by atoms with Crippen molar-refractivity contribution < 1.29 is 4.42 Å². The summed E-state index contributed by atoms with van der Waals surface area (Å²) in [5, 5.41) is 4.81. The topological polar surface area (TPSA) is 51.8 Å². The Hall–Kier alpha value is -7.21. The van der Waals surface area contributed by atoms with Crippen LogP contribution in [0.25, 0.3) is 109 Å². The van der Waals surface area contributed by atoms with Gasteiger partial charge in [0, 0.05) is 71.2 Å². The van der Waals surface area contributed by atoms with E-state index in [0.717, 1.165) is 77.8 Å². The van der Waals surface area contributed by atoms with Crippen LogP contribution in [-0.4, -0.2) is 15.0 Å². The molecule has 0 aliphatic rings. The molecular formula is C51H31N3OS. The Kier molecular flexibility index (Phi) is 7.64. The highest BCUT2D eigenvalue weighted by atomic mass is 32.1. The van der Waals surface area contributed by atoms with Gasteiger partial charge in [0.15, 0.2) is 5.82 Å². The van der Waals surface area contributed by atoms with Gasteiger partial charge in [-0.05, 0) is 64.7 Å². The molecule has 11 rings (SSSR count). The zero-order valence-corrected chi connectivity index (χ0v) is 30.9. The minimum atomic E-state index is 0.662. The van der Waals surface area contributed by atoms with Gasteiger partial charge in [0.25, 0.3) is 0 Å². The van der Waals surface area contributed by atoms with Crippen LogP contribution < -0.4 is 0 Å². The third-order valence-electron chi connectivity index (χ3n) is 10.6. The maximum absolute atomic E-state index is 6.71. The first kappa shape index (κ1) is 32.2. The number of thiophene rings is 1. The van der Waals surface area contributed by atoms with E-state index in [-0.39, 0.29) is 0 Å². The summed E-state index contributed by atoms with van der Waals surface area (Å²) < 4.78 is 9.31. The van der Waals surface area contributed by atoms with E-state index in [1.165, 1.54) is 25.7 Å². The number of rotatable bonds is 6. The van der Waals surface area contributed by atoms with E-state index in [1.54, 1.807) is 6.20 Å². The number of para-hydroxylation sites is 1. The van der Waals surface area contributed by atoms with Crippen LogP contribution >= 0.6 is 11.3 Å². The lowest BCUT2D eigenvalue weighted by atomic mass is 9.93. The molecule has 0 saturated carbocycles. The average molecular weight is 734 g/mol. The predicted octanol–water partition coefficient (Wildman–Crippen LogP) is 14.1. The Morgan fingerprint density at radius 1 is 0.411 bits per heavy atom. The van der Waals surface area contributed by atoms with Crippen LogP contribution in [0.5, 0.6) is 0 Å². The number of nitrogens with zero attached hydrogens (tertiary/aromatic N) is 3. The summed E-state index contributed by atoms with van der Waals surface area (Å²) in [4.78, 5) is 14.7. The molecule has 262 valence electrons. The molecule has 0 aliphatic heterocycles. The van der Waals surface area contributed by atoms with Crippen LogP contribution in [0.4, 0.5) is 0 Å². The van der Waals surface area contributed by atoms with Gasteiger partial charge in [-0.3, -0.25) is 4.98 Å². The van der Waals surface area contributed by atoms with Gasteiger partial charge in [0.2, 0.25) is 0 Å². The molecule has 0 N–H and O–H groups in total. The Morgan fingerprint density at radius 2 is 1.09 bits per heavy atom. The van der Waals surface area contributed by atoms with Crippen molar-refractivity contribution >= 4 is 53.4 Å². The first-order valence-corrected chi connectivity index (χ1v) is 19.5. The standard InChI is InChI=1S/C51H31N3OS/c1-2-11-33(12-3-1)44-30-45(40-15-5-4-14-37(40)36-13-10-28-52-31-36)54-51(53-44)34-22-20-32(21-23-34)39-26-25-38(49-42-17-6-8-18-46(42)55-50(39)49)35-24-27-48-43(29-35)41-16-7-9-19-47(41)56-48/h1-31H. The predicted molar refractivity (Wildman–Crippen MR) is 233 cm³/mol. The van der Waals surface area contributed by atoms with Crippen molar-refractivity contribution in [2.24, 2.45) is 0 Å². The molecule has 4 aromatic heterocycles. The second-order valence-electron chi connectivity index (χ2n) is 14.0. The molecule has 0 saturated heterocycles. The van der Waals surface area contributed by atoms with Crippen LogP contribution in [-0.2, 0) is 0 Å². The summed E-state index contributed by atoms with van der Waals surface area (Å²) in [7, 11) is 0. The highest BCUT2D eigenvalue weighted by Crippen LogP contribution is 2.44. The van der Waals surface area contributed by atoms with Crippen LogP contribution in [0, 0.1) is 0 Å². The van der Waals surface area contributed by atoms with Gasteiger partial charge in [-0.15, -0.1) is 11.3 Å². The third kappa shape index (κ3) is 5.48. The highest BCUT2D eigenvalue weighted by molar-refractivity contribution is 7.25. The van der Waals surface area contributed by atoms with Gasteiger partial charge in [-0.2, -0.15) is 0 Å². The van der Waals surface area contributed by atoms with Crippen molar-refractivity contribution in [1.82, 2.24) is 15.0 Å². The van der Waals surface area contributed by atoms with Crippen molar-refractivity contribution in [2.75, 3.05) is 0 Å². The molecule has 4 heterocycles. The Morgan fingerprint density at radius 3 is 1.95 bits per heavy atom. The van der Waals surface area contributed by atoms with Crippen molar-refractivity contribution in [1.29, 1.82) is 0 Å². The van der Waals surface area contributed by atoms with Crippen LogP contribution in [0.1, 0.15) is 0 Å². The molecule has 0 radical (unpaired) electrons. The summed E-state index contributed by atoms with van der Waals surface area (Å²) in [5.74, 6) is 0.662. The second kappa shape index (κ2) is 13.3. The summed E-state index contributed by atoms with van der Waals surface area (Å²) in [6, 6.07) is 61.6. The molecule has 0 fully saturated rings. The summed E-state index contributed by atoms with van der Waals surface area (Å²) in [5.41, 5.74) is 13.0. The third-order valence-corrected chi connectivity index (χ3v) is 11.8. The largest absolute Gasteiger partial charge is 0.455 e. The molecule has 56 heavy (non-hydrogen) atoms. The van der Waals surface area contributed by atoms with Crippen LogP contribution in [0.3, 0.4) is 0 Å². The van der Waals surface area contributed by atoms with Crippen molar-refractivity contribution in [3.05, 3.63) is 188 Å². The zero-order chi connectivity index (χ0) is 37.0. The molecule has 11 aromatic rings. The van der Waals surface area contributed by atoms with Crippen molar-refractivity contribution in [3.8, 4) is 67.3 Å². The van der Waals surface area contributed by atoms with Gasteiger partial charge in [-0.25, -0.2) is 9.97 Å². The number of hydrogen-bond acceptors (Lipinski definition) is 5. The molecule has 0 unspecified atom stereocenters. The smallest absolute Gasteiger partial charge is 0.160 e. The maximum atomic E-state index is 6.71. The van der Waals surface area contributed by atoms with E-state index >= 15 is 0 Å². The Labute approximate surface area is 327 Å². The van der Waals surface area contributed by atoms with E-state index in [4.69, 9.17) is 14.4 Å². The lowest BCUT2D eigenvalue weighted by Crippen LogP contribution is -1.97. The van der Waals surface area contributed by atoms with Gasteiger partial charge in [0.1, 0.15) is 11.2 Å². The molecule has 7 aromatic carbocycles. The number of pyridine rings is 1. The Balaban J connectivity index is 1.03. The van der Waals surface area contributed by atoms with Crippen LogP contribution in [0.2, 0.25) is 0 Å². The monoisotopic (exact) mass is 733 g/mol. The number of benzene rings is 7. The minimum absolute atomic E-state index is 0.662. The van der Waals surface area contributed by atoms with Crippen LogP contribution in [0.15, 0.2) is 193 Å². The minimum Gasteiger partial charge on any atom is -0.455 e. The maximum Gasteiger partial charge on any atom is 0.160 e. The molecule has 0 amide bonds. The lowest BCUT2D eigenvalue weighted by molar-refractivity contribution is 0.670. The van der Waals surface area contributed by atoms with Gasteiger partial charge >= 0.3 is 0 Å². The lowest BCUT2D eigenvalue weighted by Gasteiger charge is -2.13. The normalized spacial score (nSPS) is 11.6. The quantitative estimate of drug-likeness (QED) is 0.171. The fourth-order valence-corrected chi connectivity index (χ4v) is 9.03. The van der Waals surface area contributed by atoms with E-state index in [1.807, 2.05) is 47.9 Å². The van der Waals surface area contributed by atoms with E-state index in [0.29, 0.717) is 5.82 Å². The first-order valence-electron chi connectivity index (χ1n) is 18.7. The van der Waals surface area contributed by atoms with E-state index in [2.05, 4.69) is 151 Å². The average Bonchev–Trinajstić information content (AvgIpc) is 3.85. The van der Waals surface area contributed by atoms with Gasteiger partial charge in [0.05, 0.1) is 11.4 Å². The molecule has 0 atom stereocenters. The van der Waals surface area contributed by atoms with E-state index in [9.17, 15) is 0 Å². The number of fused-ring (bicyclic) bond motifs is 6. The SMILES string of the molecule is c1ccc(-c2cc(-c3ccccc3-c3cccnc3)nc(-c3ccc(-c4ccc(-c5ccc6sc7ccccc7c6c5)c5c4oc4ccccc45)cc3)n2)cc1. The molecule has 0 spiro atoms. The van der Waals surface area contributed by atoms with E-state index < -0.39 is 0 Å².